The predicted molar refractivity (Wildman–Crippen MR) is 111 cm³/mol. The van der Waals surface area contributed by atoms with Crippen molar-refractivity contribution in [2.75, 3.05) is 0 Å². The number of nitrogens with two attached hydrogens (primary N) is 3. The van der Waals surface area contributed by atoms with Crippen molar-refractivity contribution in [1.82, 2.24) is 16.0 Å². The van der Waals surface area contributed by atoms with Crippen LogP contribution in [-0.4, -0.2) is 75.9 Å². The molecule has 11 N–H and O–H groups in total. The molecule has 0 bridgehead atoms. The number of hydrogen-bond donors (Lipinski definition) is 8. The van der Waals surface area contributed by atoms with Gasteiger partial charge in [0.1, 0.15) is 18.1 Å². The van der Waals surface area contributed by atoms with Gasteiger partial charge in [-0.15, -0.1) is 0 Å². The van der Waals surface area contributed by atoms with Gasteiger partial charge in [-0.3, -0.25) is 28.8 Å². The van der Waals surface area contributed by atoms with Gasteiger partial charge in [0.05, 0.1) is 25.3 Å². The second kappa shape index (κ2) is 13.6. The van der Waals surface area contributed by atoms with Crippen molar-refractivity contribution < 1.29 is 43.8 Å². The van der Waals surface area contributed by atoms with E-state index in [-0.39, 0.29) is 0 Å². The van der Waals surface area contributed by atoms with Gasteiger partial charge < -0.3 is 43.4 Å². The monoisotopic (exact) mass is 474 g/mol. The van der Waals surface area contributed by atoms with E-state index >= 15 is 0 Å². The molecule has 5 amide bonds. The first-order chi connectivity index (χ1) is 15.2. The van der Waals surface area contributed by atoms with Crippen molar-refractivity contribution in [1.29, 1.82) is 0 Å². The summed E-state index contributed by atoms with van der Waals surface area (Å²) >= 11 is 0. The summed E-state index contributed by atoms with van der Waals surface area (Å²) in [5.74, 6) is -8.52. The molecule has 0 spiro atoms. The van der Waals surface area contributed by atoms with Gasteiger partial charge in [0.2, 0.25) is 29.5 Å². The Morgan fingerprint density at radius 1 is 0.758 bits per heavy atom. The van der Waals surface area contributed by atoms with Crippen molar-refractivity contribution in [3.8, 4) is 0 Å². The van der Waals surface area contributed by atoms with E-state index in [0.29, 0.717) is 6.42 Å². The molecule has 0 aliphatic rings. The molecular formula is C18H30N6O9. The van der Waals surface area contributed by atoms with Crippen LogP contribution in [0.15, 0.2) is 0 Å². The third kappa shape index (κ3) is 10.9. The average molecular weight is 474 g/mol. The fourth-order valence-electron chi connectivity index (χ4n) is 2.59. The Hall–Kier alpha value is -3.75. The highest BCUT2D eigenvalue weighted by Crippen LogP contribution is 2.09. The van der Waals surface area contributed by atoms with E-state index in [1.807, 2.05) is 0 Å². The van der Waals surface area contributed by atoms with E-state index in [9.17, 15) is 38.7 Å². The smallest absolute Gasteiger partial charge is 0.326 e. The summed E-state index contributed by atoms with van der Waals surface area (Å²) in [6.45, 7) is 3.27. The zero-order valence-electron chi connectivity index (χ0n) is 18.2. The fraction of sp³-hybridized carbons (Fsp3) is 0.611. The highest BCUT2D eigenvalue weighted by molar-refractivity contribution is 5.98. The van der Waals surface area contributed by atoms with E-state index in [4.69, 9.17) is 22.3 Å². The number of carboxylic acid groups (broad SMARTS) is 2. The first-order valence-electron chi connectivity index (χ1n) is 9.87. The summed E-state index contributed by atoms with van der Waals surface area (Å²) in [6, 6.07) is -6.18. The van der Waals surface area contributed by atoms with Crippen LogP contribution in [0, 0.1) is 5.92 Å². The minimum Gasteiger partial charge on any atom is -0.481 e. The van der Waals surface area contributed by atoms with Gasteiger partial charge in [-0.05, 0) is 5.92 Å². The predicted octanol–water partition coefficient (Wildman–Crippen LogP) is -3.88. The lowest BCUT2D eigenvalue weighted by molar-refractivity contribution is -0.144. The van der Waals surface area contributed by atoms with Crippen LogP contribution in [0.5, 0.6) is 0 Å². The highest BCUT2D eigenvalue weighted by Gasteiger charge is 2.33. The topological polar surface area (TPSA) is 274 Å². The van der Waals surface area contributed by atoms with Crippen molar-refractivity contribution >= 4 is 41.5 Å². The summed E-state index contributed by atoms with van der Waals surface area (Å²) in [4.78, 5) is 82.1. The molecule has 0 saturated carbocycles. The molecule has 0 aromatic carbocycles. The van der Waals surface area contributed by atoms with Crippen LogP contribution in [0.25, 0.3) is 0 Å². The van der Waals surface area contributed by atoms with Gasteiger partial charge in [0.25, 0.3) is 0 Å². The lowest BCUT2D eigenvalue weighted by atomic mass is 9.98. The van der Waals surface area contributed by atoms with Gasteiger partial charge in [-0.1, -0.05) is 20.3 Å². The molecule has 186 valence electrons. The molecule has 0 heterocycles. The molecule has 0 saturated heterocycles. The van der Waals surface area contributed by atoms with Crippen LogP contribution < -0.4 is 33.2 Å². The van der Waals surface area contributed by atoms with E-state index in [1.165, 1.54) is 0 Å². The zero-order chi connectivity index (χ0) is 25.9. The second-order valence-corrected chi connectivity index (χ2v) is 7.38. The summed E-state index contributed by atoms with van der Waals surface area (Å²) in [5, 5.41) is 24.4. The number of rotatable bonds is 15. The molecule has 0 radical (unpaired) electrons. The molecule has 0 aliphatic heterocycles. The van der Waals surface area contributed by atoms with Gasteiger partial charge in [-0.2, -0.15) is 0 Å². The van der Waals surface area contributed by atoms with Crippen LogP contribution in [-0.2, 0) is 33.6 Å². The van der Waals surface area contributed by atoms with Gasteiger partial charge >= 0.3 is 11.9 Å². The molecule has 5 unspecified atom stereocenters. The summed E-state index contributed by atoms with van der Waals surface area (Å²) in [6.07, 6.45) is -1.84. The van der Waals surface area contributed by atoms with E-state index < -0.39 is 90.8 Å². The zero-order valence-corrected chi connectivity index (χ0v) is 18.2. The van der Waals surface area contributed by atoms with Crippen LogP contribution in [0.2, 0.25) is 0 Å². The van der Waals surface area contributed by atoms with Gasteiger partial charge in [0.15, 0.2) is 0 Å². The minimum atomic E-state index is -1.66. The van der Waals surface area contributed by atoms with Crippen molar-refractivity contribution in [2.24, 2.45) is 23.1 Å². The lowest BCUT2D eigenvalue weighted by Crippen LogP contribution is -2.59. The molecule has 33 heavy (non-hydrogen) atoms. The largest absolute Gasteiger partial charge is 0.481 e. The van der Waals surface area contributed by atoms with Gasteiger partial charge in [-0.25, -0.2) is 4.79 Å². The first kappa shape index (κ1) is 29.2. The second-order valence-electron chi connectivity index (χ2n) is 7.38. The maximum atomic E-state index is 12.6. The van der Waals surface area contributed by atoms with Crippen molar-refractivity contribution in [3.05, 3.63) is 0 Å². The van der Waals surface area contributed by atoms with Crippen LogP contribution in [0.4, 0.5) is 0 Å². The van der Waals surface area contributed by atoms with Gasteiger partial charge in [0, 0.05) is 0 Å². The Kier molecular flexibility index (Phi) is 12.1. The minimum absolute atomic E-state index is 0.396. The van der Waals surface area contributed by atoms with Crippen LogP contribution in [0.3, 0.4) is 0 Å². The van der Waals surface area contributed by atoms with E-state index in [2.05, 4.69) is 16.0 Å². The summed E-state index contributed by atoms with van der Waals surface area (Å²) < 4.78 is 0. The number of carbonyl (C=O) groups excluding carboxylic acids is 5. The molecule has 0 rings (SSSR count). The number of amides is 5. The number of primary amides is 2. The van der Waals surface area contributed by atoms with Crippen molar-refractivity contribution in [3.63, 3.8) is 0 Å². The normalized spacial score (nSPS) is 15.1. The molecular weight excluding hydrogens is 444 g/mol. The average Bonchev–Trinajstić information content (AvgIpc) is 2.68. The standard InChI is InChI=1S/C18H30N6O9/c1-3-7(2)14(18(32)33)24-17(31)10(6-12(21)26)23-16(30)9(5-11(20)25)22-15(29)8(19)4-13(27)28/h7-10,14H,3-6,19H2,1-2H3,(H2,20,25)(H2,21,26)(H,22,29)(H,23,30)(H,24,31)(H,27,28)(H,32,33). The van der Waals surface area contributed by atoms with E-state index in [0.717, 1.165) is 0 Å². The summed E-state index contributed by atoms with van der Waals surface area (Å²) in [5.41, 5.74) is 15.6. The lowest BCUT2D eigenvalue weighted by Gasteiger charge is -2.25. The maximum Gasteiger partial charge on any atom is 0.326 e. The third-order valence-electron chi connectivity index (χ3n) is 4.58. The molecule has 15 heteroatoms. The molecule has 0 aromatic heterocycles. The number of hydrogen-bond acceptors (Lipinski definition) is 8. The Morgan fingerprint density at radius 2 is 1.18 bits per heavy atom. The third-order valence-corrected chi connectivity index (χ3v) is 4.58. The fourth-order valence-corrected chi connectivity index (χ4v) is 2.59. The Morgan fingerprint density at radius 3 is 1.55 bits per heavy atom. The Bertz CT molecular complexity index is 787. The quantitative estimate of drug-likeness (QED) is 0.114. The summed E-state index contributed by atoms with van der Waals surface area (Å²) in [7, 11) is 0. The Labute approximate surface area is 188 Å². The van der Waals surface area contributed by atoms with Crippen LogP contribution in [0.1, 0.15) is 39.5 Å². The number of carbonyl (C=O) groups is 7. The highest BCUT2D eigenvalue weighted by atomic mass is 16.4. The van der Waals surface area contributed by atoms with Crippen LogP contribution >= 0.6 is 0 Å². The number of aliphatic carboxylic acids is 2. The SMILES string of the molecule is CCC(C)C(NC(=O)C(CC(N)=O)NC(=O)C(CC(N)=O)NC(=O)C(N)CC(=O)O)C(=O)O. The van der Waals surface area contributed by atoms with E-state index in [1.54, 1.807) is 13.8 Å². The van der Waals surface area contributed by atoms with Crippen molar-refractivity contribution in [2.45, 2.75) is 63.7 Å². The number of carboxylic acids is 2. The number of nitrogens with one attached hydrogen (secondary N) is 3. The first-order valence-corrected chi connectivity index (χ1v) is 9.87. The molecule has 0 fully saturated rings. The molecule has 0 aliphatic carbocycles. The molecule has 5 atom stereocenters. The molecule has 0 aromatic rings. The maximum absolute atomic E-state index is 12.6. The Balaban J connectivity index is 5.61. The molecule has 15 nitrogen and oxygen atoms in total.